The number of carbonyl (C=O) groups excluding carboxylic acids is 1. The van der Waals surface area contributed by atoms with Gasteiger partial charge in [-0.15, -0.1) is 0 Å². The minimum atomic E-state index is 0.248. The number of ether oxygens (including phenoxy) is 1. The number of benzene rings is 1. The molecule has 0 unspecified atom stereocenters. The monoisotopic (exact) mass is 304 g/mol. The first-order chi connectivity index (χ1) is 10.7. The van der Waals surface area contributed by atoms with Gasteiger partial charge in [-0.05, 0) is 36.6 Å². The molecule has 4 heteroatoms. The normalized spacial score (nSPS) is 15.7. The summed E-state index contributed by atoms with van der Waals surface area (Å²) in [5.41, 5.74) is 1.96. The zero-order valence-electron chi connectivity index (χ0n) is 13.9. The van der Waals surface area contributed by atoms with Gasteiger partial charge in [0.25, 0.3) is 0 Å². The molecule has 1 aliphatic heterocycles. The summed E-state index contributed by atoms with van der Waals surface area (Å²) < 4.78 is 5.66. The first kappa shape index (κ1) is 17.0. The third kappa shape index (κ3) is 4.82. The van der Waals surface area contributed by atoms with E-state index in [2.05, 4.69) is 24.1 Å². The van der Waals surface area contributed by atoms with E-state index in [4.69, 9.17) is 4.74 Å². The van der Waals surface area contributed by atoms with Gasteiger partial charge in [-0.25, -0.2) is 0 Å². The van der Waals surface area contributed by atoms with Gasteiger partial charge in [0.05, 0.1) is 6.61 Å². The molecule has 1 N–H and O–H groups in total. The standard InChI is InChI=1S/C18H28N2O2/c1-3-13-22-16-5-6-17(15(4-2)14-16)18(21)7-10-20-11-8-19-9-12-20/h5-6,14,19H,3-4,7-13H2,1-2H3. The Kier molecular flexibility index (Phi) is 6.87. The summed E-state index contributed by atoms with van der Waals surface area (Å²) in [5, 5.41) is 3.33. The summed E-state index contributed by atoms with van der Waals surface area (Å²) in [6, 6.07) is 5.88. The Morgan fingerprint density at radius 2 is 2.05 bits per heavy atom. The minimum Gasteiger partial charge on any atom is -0.494 e. The van der Waals surface area contributed by atoms with E-state index in [-0.39, 0.29) is 5.78 Å². The van der Waals surface area contributed by atoms with Crippen molar-refractivity contribution in [2.24, 2.45) is 0 Å². The highest BCUT2D eigenvalue weighted by molar-refractivity contribution is 5.97. The molecule has 0 spiro atoms. The molecular formula is C18H28N2O2. The second-order valence-electron chi connectivity index (χ2n) is 5.79. The fourth-order valence-corrected chi connectivity index (χ4v) is 2.77. The third-order valence-corrected chi connectivity index (χ3v) is 4.10. The molecule has 1 aromatic carbocycles. The zero-order chi connectivity index (χ0) is 15.8. The van der Waals surface area contributed by atoms with E-state index < -0.39 is 0 Å². The second kappa shape index (κ2) is 8.91. The number of ketones is 1. The van der Waals surface area contributed by atoms with Crippen molar-refractivity contribution in [3.63, 3.8) is 0 Å². The van der Waals surface area contributed by atoms with Crippen LogP contribution in [0.3, 0.4) is 0 Å². The van der Waals surface area contributed by atoms with Gasteiger partial charge in [-0.3, -0.25) is 4.79 Å². The lowest BCUT2D eigenvalue weighted by Gasteiger charge is -2.26. The molecule has 0 atom stereocenters. The number of hydrogen-bond acceptors (Lipinski definition) is 4. The Morgan fingerprint density at radius 1 is 1.27 bits per heavy atom. The van der Waals surface area contributed by atoms with Gasteiger partial charge in [-0.2, -0.15) is 0 Å². The second-order valence-corrected chi connectivity index (χ2v) is 5.79. The number of aryl methyl sites for hydroxylation is 1. The molecule has 0 radical (unpaired) electrons. The highest BCUT2D eigenvalue weighted by Gasteiger charge is 2.15. The molecule has 0 aromatic heterocycles. The highest BCUT2D eigenvalue weighted by Crippen LogP contribution is 2.20. The minimum absolute atomic E-state index is 0.248. The van der Waals surface area contributed by atoms with Crippen LogP contribution >= 0.6 is 0 Å². The molecule has 22 heavy (non-hydrogen) atoms. The van der Waals surface area contributed by atoms with Gasteiger partial charge in [0.1, 0.15) is 5.75 Å². The lowest BCUT2D eigenvalue weighted by atomic mass is 9.99. The molecule has 0 amide bonds. The number of hydrogen-bond donors (Lipinski definition) is 1. The summed E-state index contributed by atoms with van der Waals surface area (Å²) in [5.74, 6) is 1.12. The Balaban J connectivity index is 1.95. The Morgan fingerprint density at radius 3 is 2.73 bits per heavy atom. The zero-order valence-corrected chi connectivity index (χ0v) is 13.9. The van der Waals surface area contributed by atoms with E-state index in [1.807, 2.05) is 18.2 Å². The van der Waals surface area contributed by atoms with Gasteiger partial charge in [0.15, 0.2) is 5.78 Å². The van der Waals surface area contributed by atoms with E-state index >= 15 is 0 Å². The number of nitrogens with zero attached hydrogens (tertiary/aromatic N) is 1. The molecule has 1 aliphatic rings. The molecular weight excluding hydrogens is 276 g/mol. The molecule has 1 aromatic rings. The molecule has 0 bridgehead atoms. The van der Waals surface area contributed by atoms with Crippen LogP contribution in [0.5, 0.6) is 5.75 Å². The van der Waals surface area contributed by atoms with Gasteiger partial charge < -0.3 is 15.0 Å². The first-order valence-corrected chi connectivity index (χ1v) is 8.46. The van der Waals surface area contributed by atoms with Crippen LogP contribution in [0.25, 0.3) is 0 Å². The molecule has 1 fully saturated rings. The molecule has 0 saturated carbocycles. The van der Waals surface area contributed by atoms with Gasteiger partial charge in [0.2, 0.25) is 0 Å². The van der Waals surface area contributed by atoms with E-state index in [1.54, 1.807) is 0 Å². The smallest absolute Gasteiger partial charge is 0.164 e. The average molecular weight is 304 g/mol. The molecule has 0 aliphatic carbocycles. The number of carbonyl (C=O) groups is 1. The van der Waals surface area contributed by atoms with Crippen molar-refractivity contribution in [1.29, 1.82) is 0 Å². The lowest BCUT2D eigenvalue weighted by molar-refractivity contribution is 0.0959. The topological polar surface area (TPSA) is 41.6 Å². The van der Waals surface area contributed by atoms with Crippen LogP contribution in [-0.4, -0.2) is 50.0 Å². The summed E-state index contributed by atoms with van der Waals surface area (Å²) in [6.45, 7) is 9.89. The quantitative estimate of drug-likeness (QED) is 0.749. The predicted molar refractivity (Wildman–Crippen MR) is 89.9 cm³/mol. The van der Waals surface area contributed by atoms with Crippen molar-refractivity contribution in [3.8, 4) is 5.75 Å². The fourth-order valence-electron chi connectivity index (χ4n) is 2.77. The van der Waals surface area contributed by atoms with Crippen LogP contribution in [0, 0.1) is 0 Å². The fraction of sp³-hybridized carbons (Fsp3) is 0.611. The summed E-state index contributed by atoms with van der Waals surface area (Å²) in [6.07, 6.45) is 2.45. The van der Waals surface area contributed by atoms with Crippen LogP contribution in [0.4, 0.5) is 0 Å². The molecule has 122 valence electrons. The van der Waals surface area contributed by atoms with Crippen molar-refractivity contribution in [2.75, 3.05) is 39.3 Å². The van der Waals surface area contributed by atoms with Crippen LogP contribution in [0.15, 0.2) is 18.2 Å². The van der Waals surface area contributed by atoms with Crippen molar-refractivity contribution in [3.05, 3.63) is 29.3 Å². The maximum atomic E-state index is 12.5. The maximum absolute atomic E-state index is 12.5. The summed E-state index contributed by atoms with van der Waals surface area (Å²) in [7, 11) is 0. The Hall–Kier alpha value is -1.39. The van der Waals surface area contributed by atoms with Gasteiger partial charge in [-0.1, -0.05) is 13.8 Å². The predicted octanol–water partition coefficient (Wildman–Crippen LogP) is 2.52. The SMILES string of the molecule is CCCOc1ccc(C(=O)CCN2CCNCC2)c(CC)c1. The largest absolute Gasteiger partial charge is 0.494 e. The number of nitrogens with one attached hydrogen (secondary N) is 1. The van der Waals surface area contributed by atoms with Crippen molar-refractivity contribution < 1.29 is 9.53 Å². The lowest BCUT2D eigenvalue weighted by Crippen LogP contribution is -2.44. The molecule has 1 saturated heterocycles. The first-order valence-electron chi connectivity index (χ1n) is 8.46. The van der Waals surface area contributed by atoms with Gasteiger partial charge in [0, 0.05) is 44.7 Å². The van der Waals surface area contributed by atoms with Crippen LogP contribution in [0.2, 0.25) is 0 Å². The van der Waals surface area contributed by atoms with Crippen molar-refractivity contribution in [2.45, 2.75) is 33.1 Å². The van der Waals surface area contributed by atoms with Crippen LogP contribution < -0.4 is 10.1 Å². The van der Waals surface area contributed by atoms with Gasteiger partial charge >= 0.3 is 0 Å². The molecule has 4 nitrogen and oxygen atoms in total. The Bertz CT molecular complexity index is 482. The van der Waals surface area contributed by atoms with E-state index in [0.717, 1.165) is 69.0 Å². The number of rotatable bonds is 8. The highest BCUT2D eigenvalue weighted by atomic mass is 16.5. The molecule has 2 rings (SSSR count). The van der Waals surface area contributed by atoms with E-state index in [9.17, 15) is 4.79 Å². The summed E-state index contributed by atoms with van der Waals surface area (Å²) in [4.78, 5) is 14.9. The van der Waals surface area contributed by atoms with Crippen molar-refractivity contribution in [1.82, 2.24) is 10.2 Å². The van der Waals surface area contributed by atoms with E-state index in [0.29, 0.717) is 6.42 Å². The third-order valence-electron chi connectivity index (χ3n) is 4.10. The average Bonchev–Trinajstić information content (AvgIpc) is 2.58. The van der Waals surface area contributed by atoms with Crippen LogP contribution in [-0.2, 0) is 6.42 Å². The maximum Gasteiger partial charge on any atom is 0.164 e. The number of Topliss-reactive ketones (excluding diaryl/α,β-unsaturated/α-hetero) is 1. The van der Waals surface area contributed by atoms with E-state index in [1.165, 1.54) is 0 Å². The van der Waals surface area contributed by atoms with Crippen LogP contribution in [0.1, 0.15) is 42.6 Å². The summed E-state index contributed by atoms with van der Waals surface area (Å²) >= 11 is 0. The van der Waals surface area contributed by atoms with Crippen molar-refractivity contribution >= 4 is 5.78 Å². The molecule has 1 heterocycles. The number of piperazine rings is 1. The Labute approximate surface area is 133 Å².